The number of ether oxygens (including phenoxy) is 3. The molecule has 0 aromatic heterocycles. The van der Waals surface area contributed by atoms with Crippen molar-refractivity contribution in [1.29, 1.82) is 0 Å². The van der Waals surface area contributed by atoms with Crippen molar-refractivity contribution in [2.24, 2.45) is 0 Å². The Labute approximate surface area is 243 Å². The summed E-state index contributed by atoms with van der Waals surface area (Å²) in [6, 6.07) is 28.7. The van der Waals surface area contributed by atoms with E-state index in [0.29, 0.717) is 35.2 Å². The minimum atomic E-state index is -3.84. The van der Waals surface area contributed by atoms with E-state index < -0.39 is 16.1 Å². The highest BCUT2D eigenvalue weighted by atomic mass is 32.2. The summed E-state index contributed by atoms with van der Waals surface area (Å²) in [5, 5.41) is 2.86. The third kappa shape index (κ3) is 6.81. The van der Waals surface area contributed by atoms with E-state index in [-0.39, 0.29) is 29.9 Å². The van der Waals surface area contributed by atoms with Crippen molar-refractivity contribution in [3.63, 3.8) is 0 Å². The van der Waals surface area contributed by atoms with Gasteiger partial charge >= 0.3 is 0 Å². The van der Waals surface area contributed by atoms with Gasteiger partial charge in [0.2, 0.25) is 0 Å². The van der Waals surface area contributed by atoms with Crippen molar-refractivity contribution in [3.05, 3.63) is 109 Å². The van der Waals surface area contributed by atoms with Gasteiger partial charge in [0, 0.05) is 12.2 Å². The first-order chi connectivity index (χ1) is 20.3. The van der Waals surface area contributed by atoms with Crippen LogP contribution in [0.2, 0.25) is 0 Å². The van der Waals surface area contributed by atoms with Gasteiger partial charge in [-0.2, -0.15) is 0 Å². The highest BCUT2D eigenvalue weighted by Gasteiger charge is 2.33. The molecule has 4 aromatic rings. The van der Waals surface area contributed by atoms with Crippen LogP contribution in [0, 0.1) is 0 Å². The van der Waals surface area contributed by atoms with Gasteiger partial charge in [-0.05, 0) is 66.2 Å². The number of para-hydroxylation sites is 2. The average Bonchev–Trinajstić information content (AvgIpc) is 3.02. The molecule has 0 aliphatic carbocycles. The lowest BCUT2D eigenvalue weighted by Gasteiger charge is -2.34. The molecule has 42 heavy (non-hydrogen) atoms. The highest BCUT2D eigenvalue weighted by molar-refractivity contribution is 7.92. The van der Waals surface area contributed by atoms with E-state index in [9.17, 15) is 18.0 Å². The summed E-state index contributed by atoms with van der Waals surface area (Å²) < 4.78 is 44.8. The molecule has 1 atom stereocenters. The molecule has 0 radical (unpaired) electrons. The van der Waals surface area contributed by atoms with Crippen molar-refractivity contribution < 1.29 is 32.2 Å². The minimum Gasteiger partial charge on any atom is -0.497 e. The standard InChI is InChI=1S/C31H29N3O7S/c1-39-24-13-11-23(12-14-24)33-42(37,38)26-17-15-25(16-18-26)40-21-30(35)34-20-29(41-28-10-6-5-9-27(28)34)31(36)32-19-22-7-3-2-4-8-22/h2-18,29,33H,19-21H2,1H3,(H,32,36)/t29-/m0/s1. The maximum absolute atomic E-state index is 13.3. The molecule has 216 valence electrons. The predicted octanol–water partition coefficient (Wildman–Crippen LogP) is 3.99. The van der Waals surface area contributed by atoms with Crippen LogP contribution in [-0.2, 0) is 26.2 Å². The number of nitrogens with one attached hydrogen (secondary N) is 2. The van der Waals surface area contributed by atoms with E-state index in [1.54, 1.807) is 48.5 Å². The molecule has 1 heterocycles. The normalized spacial score (nSPS) is 14.2. The Morgan fingerprint density at radius 2 is 1.55 bits per heavy atom. The summed E-state index contributed by atoms with van der Waals surface area (Å²) in [6.45, 7) is 0.0104. The van der Waals surface area contributed by atoms with Crippen LogP contribution in [0.25, 0.3) is 0 Å². The van der Waals surface area contributed by atoms with Gasteiger partial charge in [0.15, 0.2) is 12.7 Å². The van der Waals surface area contributed by atoms with Crippen LogP contribution in [0.15, 0.2) is 108 Å². The van der Waals surface area contributed by atoms with Crippen molar-refractivity contribution >= 4 is 33.2 Å². The summed E-state index contributed by atoms with van der Waals surface area (Å²) >= 11 is 0. The van der Waals surface area contributed by atoms with Crippen LogP contribution in [0.4, 0.5) is 11.4 Å². The number of rotatable bonds is 10. The molecule has 0 saturated heterocycles. The Kier molecular flexibility index (Phi) is 8.58. The van der Waals surface area contributed by atoms with Crippen LogP contribution in [-0.4, -0.2) is 46.6 Å². The largest absolute Gasteiger partial charge is 0.497 e. The molecule has 10 nitrogen and oxygen atoms in total. The van der Waals surface area contributed by atoms with Crippen LogP contribution < -0.4 is 29.1 Å². The Bertz CT molecular complexity index is 1640. The summed E-state index contributed by atoms with van der Waals surface area (Å²) in [5.41, 5.74) is 1.86. The maximum Gasteiger partial charge on any atom is 0.265 e. The van der Waals surface area contributed by atoms with Crippen molar-refractivity contribution in [1.82, 2.24) is 5.32 Å². The Hall–Kier alpha value is -5.03. The molecule has 0 spiro atoms. The van der Waals surface area contributed by atoms with Gasteiger partial charge in [-0.3, -0.25) is 14.3 Å². The fourth-order valence-electron chi connectivity index (χ4n) is 4.32. The smallest absolute Gasteiger partial charge is 0.265 e. The van der Waals surface area contributed by atoms with Crippen molar-refractivity contribution in [2.45, 2.75) is 17.5 Å². The second-order valence-corrected chi connectivity index (χ2v) is 11.1. The number of fused-ring (bicyclic) bond motifs is 1. The second-order valence-electron chi connectivity index (χ2n) is 9.38. The monoisotopic (exact) mass is 587 g/mol. The Balaban J connectivity index is 1.21. The first-order valence-electron chi connectivity index (χ1n) is 13.1. The first kappa shape index (κ1) is 28.5. The van der Waals surface area contributed by atoms with Gasteiger partial charge < -0.3 is 24.4 Å². The minimum absolute atomic E-state index is 0.00798. The van der Waals surface area contributed by atoms with Crippen molar-refractivity contribution in [3.8, 4) is 17.2 Å². The van der Waals surface area contributed by atoms with Crippen LogP contribution >= 0.6 is 0 Å². The van der Waals surface area contributed by atoms with Gasteiger partial charge in [0.1, 0.15) is 17.2 Å². The summed E-state index contributed by atoms with van der Waals surface area (Å²) in [6.07, 6.45) is -0.907. The first-order valence-corrected chi connectivity index (χ1v) is 14.6. The lowest BCUT2D eigenvalue weighted by atomic mass is 10.1. The molecule has 2 amide bonds. The predicted molar refractivity (Wildman–Crippen MR) is 157 cm³/mol. The zero-order valence-corrected chi connectivity index (χ0v) is 23.5. The lowest BCUT2D eigenvalue weighted by Crippen LogP contribution is -2.51. The number of carbonyl (C=O) groups is 2. The molecule has 1 aliphatic rings. The topological polar surface area (TPSA) is 123 Å². The molecule has 0 saturated carbocycles. The summed E-state index contributed by atoms with van der Waals surface area (Å²) in [5.74, 6) is 0.606. The molecule has 0 bridgehead atoms. The zero-order chi connectivity index (χ0) is 29.5. The molecule has 0 unspecified atom stereocenters. The SMILES string of the molecule is COc1ccc(NS(=O)(=O)c2ccc(OCC(=O)N3C[C@@H](C(=O)NCc4ccccc4)Oc4ccccc43)cc2)cc1. The number of amides is 2. The van der Waals surface area contributed by atoms with E-state index in [1.807, 2.05) is 30.3 Å². The van der Waals surface area contributed by atoms with E-state index in [1.165, 1.54) is 36.3 Å². The number of methoxy groups -OCH3 is 1. The van der Waals surface area contributed by atoms with Gasteiger partial charge in [0.25, 0.3) is 21.8 Å². The van der Waals surface area contributed by atoms with E-state index in [0.717, 1.165) is 5.56 Å². The quantitative estimate of drug-likeness (QED) is 0.288. The van der Waals surface area contributed by atoms with Crippen LogP contribution in [0.3, 0.4) is 0 Å². The van der Waals surface area contributed by atoms with Crippen LogP contribution in [0.5, 0.6) is 17.2 Å². The Morgan fingerprint density at radius 1 is 0.881 bits per heavy atom. The van der Waals surface area contributed by atoms with Gasteiger partial charge in [0.05, 0.1) is 24.2 Å². The number of anilines is 2. The number of hydrogen-bond donors (Lipinski definition) is 2. The number of benzene rings is 4. The van der Waals surface area contributed by atoms with Gasteiger partial charge in [-0.1, -0.05) is 42.5 Å². The molecule has 1 aliphatic heterocycles. The van der Waals surface area contributed by atoms with Gasteiger partial charge in [-0.15, -0.1) is 0 Å². The van der Waals surface area contributed by atoms with E-state index >= 15 is 0 Å². The molecule has 2 N–H and O–H groups in total. The second kappa shape index (κ2) is 12.6. The third-order valence-corrected chi connectivity index (χ3v) is 7.91. The van der Waals surface area contributed by atoms with E-state index in [4.69, 9.17) is 14.2 Å². The summed E-state index contributed by atoms with van der Waals surface area (Å²) in [4.78, 5) is 27.7. The number of nitrogens with zero attached hydrogens (tertiary/aromatic N) is 1. The Morgan fingerprint density at radius 3 is 2.26 bits per heavy atom. The molecular formula is C31H29N3O7S. The van der Waals surface area contributed by atoms with Crippen LogP contribution in [0.1, 0.15) is 5.56 Å². The molecule has 5 rings (SSSR count). The molecular weight excluding hydrogens is 558 g/mol. The number of sulfonamides is 1. The number of carbonyl (C=O) groups excluding carboxylic acids is 2. The maximum atomic E-state index is 13.3. The number of hydrogen-bond acceptors (Lipinski definition) is 7. The molecule has 0 fully saturated rings. The molecule has 4 aromatic carbocycles. The fourth-order valence-corrected chi connectivity index (χ4v) is 5.38. The van der Waals surface area contributed by atoms with E-state index in [2.05, 4.69) is 10.0 Å². The van der Waals surface area contributed by atoms with Crippen molar-refractivity contribution in [2.75, 3.05) is 29.9 Å². The fraction of sp³-hybridized carbons (Fsp3) is 0.161. The zero-order valence-electron chi connectivity index (χ0n) is 22.7. The average molecular weight is 588 g/mol. The summed E-state index contributed by atoms with van der Waals surface area (Å²) in [7, 11) is -2.31. The third-order valence-electron chi connectivity index (χ3n) is 6.52. The van der Waals surface area contributed by atoms with Gasteiger partial charge in [-0.25, -0.2) is 8.42 Å². The molecule has 11 heteroatoms. The lowest BCUT2D eigenvalue weighted by molar-refractivity contribution is -0.128. The highest BCUT2D eigenvalue weighted by Crippen LogP contribution is 2.33.